The molecular formula is C26H32N2O5. The van der Waals surface area contributed by atoms with Gasteiger partial charge in [0, 0.05) is 19.5 Å². The average molecular weight is 453 g/mol. The predicted octanol–water partition coefficient (Wildman–Crippen LogP) is 3.67. The van der Waals surface area contributed by atoms with Crippen LogP contribution in [0, 0.1) is 5.92 Å². The van der Waals surface area contributed by atoms with E-state index in [0.717, 1.165) is 11.1 Å². The Hall–Kier alpha value is -3.35. The predicted molar refractivity (Wildman–Crippen MR) is 124 cm³/mol. The first-order chi connectivity index (χ1) is 15.9. The van der Waals surface area contributed by atoms with Gasteiger partial charge in [0.1, 0.15) is 18.7 Å². The second-order valence-electron chi connectivity index (χ2n) is 8.64. The Morgan fingerprint density at radius 2 is 1.58 bits per heavy atom. The summed E-state index contributed by atoms with van der Waals surface area (Å²) in [4.78, 5) is 42.2. The molecule has 2 aromatic carbocycles. The van der Waals surface area contributed by atoms with Crippen LogP contribution in [0.3, 0.4) is 0 Å². The van der Waals surface area contributed by atoms with Gasteiger partial charge in [-0.2, -0.15) is 0 Å². The lowest BCUT2D eigenvalue weighted by molar-refractivity contribution is -0.158. The minimum atomic E-state index is -0.760. The molecule has 7 heteroatoms. The fourth-order valence-electron chi connectivity index (χ4n) is 4.10. The highest BCUT2D eigenvalue weighted by Gasteiger charge is 2.43. The molecule has 176 valence electrons. The molecule has 1 saturated heterocycles. The molecule has 0 spiro atoms. The van der Waals surface area contributed by atoms with Gasteiger partial charge in [-0.1, -0.05) is 74.5 Å². The molecule has 3 rings (SSSR count). The summed E-state index contributed by atoms with van der Waals surface area (Å²) in [5.74, 6) is -0.503. The third kappa shape index (κ3) is 6.34. The van der Waals surface area contributed by atoms with Gasteiger partial charge in [0.2, 0.25) is 5.91 Å². The molecule has 0 N–H and O–H groups in total. The van der Waals surface area contributed by atoms with Gasteiger partial charge in [-0.05, 0) is 23.5 Å². The Morgan fingerprint density at radius 1 is 0.970 bits per heavy atom. The first-order valence-electron chi connectivity index (χ1n) is 11.3. The second-order valence-corrected chi connectivity index (χ2v) is 8.64. The first-order valence-corrected chi connectivity index (χ1v) is 11.3. The van der Waals surface area contributed by atoms with Gasteiger partial charge in [-0.15, -0.1) is 0 Å². The smallest absolute Gasteiger partial charge is 0.410 e. The molecule has 1 heterocycles. The van der Waals surface area contributed by atoms with E-state index in [9.17, 15) is 14.4 Å². The van der Waals surface area contributed by atoms with Crippen molar-refractivity contribution in [2.75, 3.05) is 20.2 Å². The van der Waals surface area contributed by atoms with Gasteiger partial charge in [0.05, 0.1) is 7.11 Å². The number of carbonyl (C=O) groups is 3. The molecule has 7 nitrogen and oxygen atoms in total. The molecule has 1 fully saturated rings. The van der Waals surface area contributed by atoms with Crippen molar-refractivity contribution in [3.63, 3.8) is 0 Å². The van der Waals surface area contributed by atoms with E-state index in [4.69, 9.17) is 9.47 Å². The normalized spacial score (nSPS) is 17.1. The monoisotopic (exact) mass is 452 g/mol. The lowest BCUT2D eigenvalue weighted by Gasteiger charge is -2.42. The minimum absolute atomic E-state index is 0.129. The van der Waals surface area contributed by atoms with Crippen LogP contribution in [-0.2, 0) is 32.1 Å². The summed E-state index contributed by atoms with van der Waals surface area (Å²) in [5.41, 5.74) is 1.80. The topological polar surface area (TPSA) is 76.2 Å². The zero-order valence-electron chi connectivity index (χ0n) is 19.5. The summed E-state index contributed by atoms with van der Waals surface area (Å²) in [5, 5.41) is 0. The summed E-state index contributed by atoms with van der Waals surface area (Å²) in [6.07, 6.45) is 0.299. The third-order valence-electron chi connectivity index (χ3n) is 5.78. The summed E-state index contributed by atoms with van der Waals surface area (Å²) in [6.45, 7) is 4.65. The first kappa shape index (κ1) is 24.3. The molecule has 0 saturated carbocycles. The number of hydrogen-bond acceptors (Lipinski definition) is 5. The van der Waals surface area contributed by atoms with Crippen LogP contribution in [0.4, 0.5) is 4.79 Å². The molecule has 1 aliphatic rings. The number of benzene rings is 2. The highest BCUT2D eigenvalue weighted by atomic mass is 16.6. The van der Waals surface area contributed by atoms with E-state index >= 15 is 0 Å². The van der Waals surface area contributed by atoms with Crippen molar-refractivity contribution in [2.45, 2.75) is 45.4 Å². The van der Waals surface area contributed by atoms with Crippen LogP contribution in [0.2, 0.25) is 0 Å². The summed E-state index contributed by atoms with van der Waals surface area (Å²) in [7, 11) is 1.33. The van der Waals surface area contributed by atoms with Crippen molar-refractivity contribution in [3.8, 4) is 0 Å². The zero-order valence-corrected chi connectivity index (χ0v) is 19.5. The second kappa shape index (κ2) is 11.5. The Bertz CT molecular complexity index is 932. The molecule has 0 aromatic heterocycles. The molecule has 0 bridgehead atoms. The minimum Gasteiger partial charge on any atom is -0.467 e. The Kier molecular flexibility index (Phi) is 8.46. The van der Waals surface area contributed by atoms with Gasteiger partial charge in [0.15, 0.2) is 0 Å². The zero-order chi connectivity index (χ0) is 23.8. The molecule has 0 aliphatic carbocycles. The number of piperazine rings is 1. The summed E-state index contributed by atoms with van der Waals surface area (Å²) >= 11 is 0. The van der Waals surface area contributed by atoms with Crippen molar-refractivity contribution in [2.24, 2.45) is 5.92 Å². The highest BCUT2D eigenvalue weighted by Crippen LogP contribution is 2.23. The molecule has 0 unspecified atom stereocenters. The Labute approximate surface area is 195 Å². The number of ether oxygens (including phenoxy) is 2. The van der Waals surface area contributed by atoms with E-state index in [1.807, 2.05) is 74.5 Å². The van der Waals surface area contributed by atoms with Crippen molar-refractivity contribution >= 4 is 18.0 Å². The van der Waals surface area contributed by atoms with E-state index in [0.29, 0.717) is 12.8 Å². The number of carbonyl (C=O) groups excluding carboxylic acids is 3. The molecule has 1 aliphatic heterocycles. The van der Waals surface area contributed by atoms with Crippen LogP contribution in [0.15, 0.2) is 60.7 Å². The number of rotatable bonds is 8. The van der Waals surface area contributed by atoms with Gasteiger partial charge in [-0.3, -0.25) is 9.69 Å². The lowest BCUT2D eigenvalue weighted by atomic mass is 9.97. The Morgan fingerprint density at radius 3 is 2.15 bits per heavy atom. The van der Waals surface area contributed by atoms with Crippen LogP contribution in [0.1, 0.15) is 31.4 Å². The molecule has 2 amide bonds. The van der Waals surface area contributed by atoms with Gasteiger partial charge in [0.25, 0.3) is 0 Å². The van der Waals surface area contributed by atoms with E-state index in [1.165, 1.54) is 12.0 Å². The largest absolute Gasteiger partial charge is 0.467 e. The van der Waals surface area contributed by atoms with Crippen molar-refractivity contribution in [1.82, 2.24) is 9.80 Å². The van der Waals surface area contributed by atoms with E-state index in [2.05, 4.69) is 0 Å². The van der Waals surface area contributed by atoms with Crippen molar-refractivity contribution < 1.29 is 23.9 Å². The van der Waals surface area contributed by atoms with Crippen LogP contribution in [-0.4, -0.2) is 60.1 Å². The number of hydrogen-bond donors (Lipinski definition) is 0. The molecule has 33 heavy (non-hydrogen) atoms. The summed E-state index contributed by atoms with van der Waals surface area (Å²) in [6, 6.07) is 17.5. The maximum absolute atomic E-state index is 13.6. The molecule has 2 aromatic rings. The van der Waals surface area contributed by atoms with E-state index < -0.39 is 24.1 Å². The van der Waals surface area contributed by atoms with E-state index in [1.54, 1.807) is 4.90 Å². The summed E-state index contributed by atoms with van der Waals surface area (Å²) < 4.78 is 10.5. The number of amides is 2. The number of methoxy groups -OCH3 is 1. The third-order valence-corrected chi connectivity index (χ3v) is 5.78. The van der Waals surface area contributed by atoms with Crippen LogP contribution in [0.5, 0.6) is 0 Å². The number of nitrogens with zero attached hydrogens (tertiary/aromatic N) is 2. The van der Waals surface area contributed by atoms with Crippen LogP contribution < -0.4 is 0 Å². The van der Waals surface area contributed by atoms with Gasteiger partial charge >= 0.3 is 12.1 Å². The standard InChI is InChI=1S/C26H32N2O5/c1-19(2)16-23(25(30)32-3)27-14-15-28(26(31)33-18-21-12-8-5-9-13-21)22(24(27)29)17-20-10-6-4-7-11-20/h4-13,19,22-23H,14-18H2,1-3H3/t22-,23-/m0/s1. The van der Waals surface area contributed by atoms with Crippen molar-refractivity contribution in [3.05, 3.63) is 71.8 Å². The quantitative estimate of drug-likeness (QED) is 0.572. The fraction of sp³-hybridized carbons (Fsp3) is 0.423. The fourth-order valence-corrected chi connectivity index (χ4v) is 4.10. The maximum atomic E-state index is 13.6. The number of esters is 1. The molecule has 0 radical (unpaired) electrons. The van der Waals surface area contributed by atoms with Crippen LogP contribution >= 0.6 is 0 Å². The highest BCUT2D eigenvalue weighted by molar-refractivity contribution is 5.91. The maximum Gasteiger partial charge on any atom is 0.410 e. The van der Waals surface area contributed by atoms with E-state index in [-0.39, 0.29) is 31.5 Å². The van der Waals surface area contributed by atoms with Crippen molar-refractivity contribution in [1.29, 1.82) is 0 Å². The van der Waals surface area contributed by atoms with Crippen LogP contribution in [0.25, 0.3) is 0 Å². The molecule has 2 atom stereocenters. The SMILES string of the molecule is COC(=O)[C@H](CC(C)C)N1CCN(C(=O)OCc2ccccc2)[C@@H](Cc2ccccc2)C1=O. The lowest BCUT2D eigenvalue weighted by Crippen LogP contribution is -2.63. The van der Waals surface area contributed by atoms with Gasteiger partial charge < -0.3 is 14.4 Å². The molecular weight excluding hydrogens is 420 g/mol. The average Bonchev–Trinajstić information content (AvgIpc) is 2.83. The van der Waals surface area contributed by atoms with Gasteiger partial charge in [-0.25, -0.2) is 9.59 Å². The Balaban J connectivity index is 1.82.